The number of nitrogens with zero attached hydrogens (tertiary/aromatic N) is 1. The molecule has 0 aliphatic heterocycles. The molecule has 2 heterocycles. The quantitative estimate of drug-likeness (QED) is 0.873. The van der Waals surface area contributed by atoms with Crippen LogP contribution in [0.25, 0.3) is 0 Å². The average Bonchev–Trinajstić information content (AvgIpc) is 3.04. The summed E-state index contributed by atoms with van der Waals surface area (Å²) < 4.78 is 10.2. The Bertz CT molecular complexity index is 696. The largest absolute Gasteiger partial charge is 0.478 e. The minimum Gasteiger partial charge on any atom is -0.478 e. The minimum atomic E-state index is -1.05. The number of carbonyl (C=O) groups excluding carboxylic acids is 1. The normalized spacial score (nSPS) is 14.1. The van der Waals surface area contributed by atoms with Crippen molar-refractivity contribution in [2.24, 2.45) is 0 Å². The molecule has 0 unspecified atom stereocenters. The first-order valence-corrected chi connectivity index (χ1v) is 6.61. The molecule has 1 amide bonds. The van der Waals surface area contributed by atoms with Crippen molar-refractivity contribution in [2.75, 3.05) is 0 Å². The van der Waals surface area contributed by atoms with Crippen molar-refractivity contribution in [1.29, 1.82) is 0 Å². The van der Waals surface area contributed by atoms with Crippen LogP contribution in [0, 0.1) is 6.92 Å². The monoisotopic (exact) mass is 290 g/mol. The van der Waals surface area contributed by atoms with Gasteiger partial charge >= 0.3 is 5.97 Å². The molecule has 21 heavy (non-hydrogen) atoms. The number of hydrogen-bond donors (Lipinski definition) is 2. The molecule has 0 bridgehead atoms. The second-order valence-corrected chi connectivity index (χ2v) is 5.06. The Morgan fingerprint density at radius 2 is 2.19 bits per heavy atom. The molecule has 3 rings (SSSR count). The summed E-state index contributed by atoms with van der Waals surface area (Å²) in [5.41, 5.74) is 1.22. The molecule has 1 aliphatic rings. The van der Waals surface area contributed by atoms with Gasteiger partial charge in [-0.1, -0.05) is 5.16 Å². The number of carboxylic acids is 1. The van der Waals surface area contributed by atoms with Crippen LogP contribution in [0.4, 0.5) is 0 Å². The fraction of sp³-hybridized carbons (Fsp3) is 0.357. The zero-order chi connectivity index (χ0) is 15.0. The second kappa shape index (κ2) is 5.08. The summed E-state index contributed by atoms with van der Waals surface area (Å²) in [5.74, 6) is -0.333. The lowest BCUT2D eigenvalue weighted by Crippen LogP contribution is -2.23. The summed E-state index contributed by atoms with van der Waals surface area (Å²) in [4.78, 5) is 23.0. The first-order valence-electron chi connectivity index (χ1n) is 6.61. The molecule has 0 aromatic carbocycles. The third-order valence-corrected chi connectivity index (χ3v) is 3.43. The molecular formula is C14H14N2O5. The van der Waals surface area contributed by atoms with Gasteiger partial charge in [0.05, 0.1) is 12.2 Å². The van der Waals surface area contributed by atoms with E-state index in [1.54, 1.807) is 6.92 Å². The van der Waals surface area contributed by atoms with Gasteiger partial charge in [0.25, 0.3) is 5.91 Å². The van der Waals surface area contributed by atoms with Crippen molar-refractivity contribution in [3.8, 4) is 0 Å². The maximum absolute atomic E-state index is 12.1. The van der Waals surface area contributed by atoms with Gasteiger partial charge in [-0.05, 0) is 25.8 Å². The first-order chi connectivity index (χ1) is 10.1. The zero-order valence-corrected chi connectivity index (χ0v) is 11.4. The molecule has 7 heteroatoms. The highest BCUT2D eigenvalue weighted by atomic mass is 16.5. The van der Waals surface area contributed by atoms with Gasteiger partial charge in [-0.2, -0.15) is 0 Å². The molecule has 110 valence electrons. The predicted molar refractivity (Wildman–Crippen MR) is 70.1 cm³/mol. The second-order valence-electron chi connectivity index (χ2n) is 5.06. The first kappa shape index (κ1) is 13.4. The van der Waals surface area contributed by atoms with Crippen LogP contribution in [0.2, 0.25) is 0 Å². The fourth-order valence-electron chi connectivity index (χ4n) is 2.17. The van der Waals surface area contributed by atoms with Gasteiger partial charge in [0.1, 0.15) is 28.9 Å². The minimum absolute atomic E-state index is 0.0999. The van der Waals surface area contributed by atoms with E-state index in [-0.39, 0.29) is 18.0 Å². The Balaban J connectivity index is 1.67. The van der Waals surface area contributed by atoms with Gasteiger partial charge in [-0.15, -0.1) is 0 Å². The van der Waals surface area contributed by atoms with Crippen LogP contribution in [-0.2, 0) is 6.54 Å². The van der Waals surface area contributed by atoms with E-state index in [0.717, 1.165) is 12.8 Å². The Morgan fingerprint density at radius 3 is 2.81 bits per heavy atom. The number of carbonyl (C=O) groups is 2. The summed E-state index contributed by atoms with van der Waals surface area (Å²) in [6, 6.07) is 1.41. The Hall–Kier alpha value is -2.57. The molecule has 0 atom stereocenters. The van der Waals surface area contributed by atoms with E-state index in [1.165, 1.54) is 12.3 Å². The number of amides is 1. The van der Waals surface area contributed by atoms with Crippen molar-refractivity contribution in [2.45, 2.75) is 32.2 Å². The number of aromatic carboxylic acids is 1. The van der Waals surface area contributed by atoms with Gasteiger partial charge in [-0.3, -0.25) is 4.79 Å². The third-order valence-electron chi connectivity index (χ3n) is 3.43. The van der Waals surface area contributed by atoms with Gasteiger partial charge in [0, 0.05) is 5.92 Å². The molecule has 2 N–H and O–H groups in total. The summed E-state index contributed by atoms with van der Waals surface area (Å²) >= 11 is 0. The maximum Gasteiger partial charge on any atom is 0.339 e. The zero-order valence-electron chi connectivity index (χ0n) is 11.4. The van der Waals surface area contributed by atoms with Crippen LogP contribution in [0.3, 0.4) is 0 Å². The Morgan fingerprint density at radius 1 is 1.43 bits per heavy atom. The summed E-state index contributed by atoms with van der Waals surface area (Å²) in [7, 11) is 0. The highest BCUT2D eigenvalue weighted by molar-refractivity contribution is 5.95. The summed E-state index contributed by atoms with van der Waals surface area (Å²) in [5, 5.41) is 15.5. The highest BCUT2D eigenvalue weighted by Crippen LogP contribution is 2.40. The third kappa shape index (κ3) is 2.67. The lowest BCUT2D eigenvalue weighted by Gasteiger charge is -2.02. The van der Waals surface area contributed by atoms with Gasteiger partial charge in [0.15, 0.2) is 0 Å². The van der Waals surface area contributed by atoms with Crippen LogP contribution in [0.1, 0.15) is 56.7 Å². The molecule has 1 aliphatic carbocycles. The number of nitrogens with one attached hydrogen (secondary N) is 1. The number of rotatable bonds is 5. The van der Waals surface area contributed by atoms with Crippen molar-refractivity contribution < 1.29 is 23.6 Å². The fourth-order valence-corrected chi connectivity index (χ4v) is 2.17. The van der Waals surface area contributed by atoms with E-state index in [1.807, 2.05) is 0 Å². The van der Waals surface area contributed by atoms with E-state index in [4.69, 9.17) is 14.0 Å². The number of carboxylic acid groups (broad SMARTS) is 1. The van der Waals surface area contributed by atoms with E-state index in [9.17, 15) is 9.59 Å². The smallest absolute Gasteiger partial charge is 0.339 e. The molecule has 2 aromatic rings. The molecule has 0 saturated heterocycles. The number of hydrogen-bond acceptors (Lipinski definition) is 5. The maximum atomic E-state index is 12.1. The topological polar surface area (TPSA) is 106 Å². The molecule has 7 nitrogen and oxygen atoms in total. The SMILES string of the molecule is Cc1oc(CNC(=O)c2conc2C2CC2)cc1C(=O)O. The van der Waals surface area contributed by atoms with E-state index in [0.29, 0.717) is 28.7 Å². The standard InChI is InChI=1S/C14H14N2O5/c1-7-10(14(18)19)4-9(21-7)5-15-13(17)11-6-20-16-12(11)8-2-3-8/h4,6,8H,2-3,5H2,1H3,(H,15,17)(H,18,19). The highest BCUT2D eigenvalue weighted by Gasteiger charge is 2.31. The van der Waals surface area contributed by atoms with E-state index < -0.39 is 5.97 Å². The van der Waals surface area contributed by atoms with Crippen LogP contribution in [-0.4, -0.2) is 22.1 Å². The lowest BCUT2D eigenvalue weighted by atomic mass is 10.1. The van der Waals surface area contributed by atoms with Crippen LogP contribution >= 0.6 is 0 Å². The molecule has 0 spiro atoms. The Kier molecular flexibility index (Phi) is 3.25. The molecule has 2 aromatic heterocycles. The molecule has 0 radical (unpaired) electrons. The molecule has 1 fully saturated rings. The lowest BCUT2D eigenvalue weighted by molar-refractivity contribution is 0.0694. The van der Waals surface area contributed by atoms with Crippen LogP contribution in [0.5, 0.6) is 0 Å². The molecule has 1 saturated carbocycles. The van der Waals surface area contributed by atoms with E-state index in [2.05, 4.69) is 10.5 Å². The predicted octanol–water partition coefficient (Wildman–Crippen LogP) is 2.08. The Labute approximate surface area is 119 Å². The van der Waals surface area contributed by atoms with Crippen molar-refractivity contribution in [1.82, 2.24) is 10.5 Å². The number of aryl methyl sites for hydroxylation is 1. The number of aromatic nitrogens is 1. The summed E-state index contributed by atoms with van der Waals surface area (Å²) in [6.45, 7) is 1.68. The average molecular weight is 290 g/mol. The van der Waals surface area contributed by atoms with Gasteiger partial charge in [-0.25, -0.2) is 4.79 Å². The van der Waals surface area contributed by atoms with Gasteiger partial charge < -0.3 is 19.4 Å². The van der Waals surface area contributed by atoms with E-state index >= 15 is 0 Å². The van der Waals surface area contributed by atoms with Crippen molar-refractivity contribution in [3.05, 3.63) is 40.7 Å². The summed E-state index contributed by atoms with van der Waals surface area (Å²) in [6.07, 6.45) is 3.37. The van der Waals surface area contributed by atoms with Gasteiger partial charge in [0.2, 0.25) is 0 Å². The van der Waals surface area contributed by atoms with Crippen molar-refractivity contribution >= 4 is 11.9 Å². The van der Waals surface area contributed by atoms with Crippen LogP contribution in [0.15, 0.2) is 21.3 Å². The van der Waals surface area contributed by atoms with Crippen LogP contribution < -0.4 is 5.32 Å². The van der Waals surface area contributed by atoms with Crippen molar-refractivity contribution in [3.63, 3.8) is 0 Å². The number of furan rings is 1. The molecular weight excluding hydrogens is 276 g/mol.